The number of thiazole rings is 1. The van der Waals surface area contributed by atoms with Gasteiger partial charge in [-0.15, -0.1) is 11.3 Å². The van der Waals surface area contributed by atoms with Crippen LogP contribution in [-0.4, -0.2) is 10.9 Å². The molecule has 0 fully saturated rings. The largest absolute Gasteiger partial charge is 0.340 e. The highest BCUT2D eigenvalue weighted by Gasteiger charge is 2.17. The Morgan fingerprint density at radius 3 is 2.57 bits per heavy atom. The van der Waals surface area contributed by atoms with Crippen molar-refractivity contribution in [2.45, 2.75) is 73.3 Å². The van der Waals surface area contributed by atoms with E-state index < -0.39 is 0 Å². The summed E-state index contributed by atoms with van der Waals surface area (Å²) in [6.07, 6.45) is 11.3. The maximum Gasteiger partial charge on any atom is 0.220 e. The number of carbonyl (C=O) groups excluding carboxylic acids is 1. The van der Waals surface area contributed by atoms with Crippen molar-refractivity contribution in [3.63, 3.8) is 0 Å². The van der Waals surface area contributed by atoms with E-state index in [1.165, 1.54) is 21.8 Å². The molecule has 2 rings (SSSR count). The molecule has 1 aromatic carbocycles. The van der Waals surface area contributed by atoms with Crippen molar-refractivity contribution in [1.82, 2.24) is 10.3 Å². The van der Waals surface area contributed by atoms with Gasteiger partial charge in [0.05, 0.1) is 12.1 Å². The number of hydrogen-bond acceptors (Lipinski definition) is 4. The topological polar surface area (TPSA) is 45.2 Å². The van der Waals surface area contributed by atoms with Gasteiger partial charge in [0.15, 0.2) is 0 Å². The minimum Gasteiger partial charge on any atom is -0.340 e. The molecule has 0 saturated carbocycles. The zero-order valence-corrected chi connectivity index (χ0v) is 19.8. The van der Waals surface area contributed by atoms with E-state index in [2.05, 4.69) is 67.2 Å². The van der Waals surface area contributed by atoms with Gasteiger partial charge in [0, 0.05) is 35.6 Å². The molecule has 0 atom stereocenters. The summed E-state index contributed by atoms with van der Waals surface area (Å²) in [5, 5.41) is 2.86. The Morgan fingerprint density at radius 2 is 1.97 bits per heavy atom. The van der Waals surface area contributed by atoms with Gasteiger partial charge >= 0.3 is 0 Å². The highest BCUT2D eigenvalue weighted by Crippen LogP contribution is 2.32. The fraction of sp³-hybridized carbons (Fsp3) is 0.440. The first kappa shape index (κ1) is 23.9. The van der Waals surface area contributed by atoms with E-state index in [4.69, 9.17) is 0 Å². The van der Waals surface area contributed by atoms with Gasteiger partial charge in [0.1, 0.15) is 0 Å². The summed E-state index contributed by atoms with van der Waals surface area (Å²) in [5.41, 5.74) is 8.04. The molecule has 0 bridgehead atoms. The number of benzene rings is 1. The van der Waals surface area contributed by atoms with Gasteiger partial charge in [-0.1, -0.05) is 51.8 Å². The van der Waals surface area contributed by atoms with E-state index in [-0.39, 0.29) is 5.91 Å². The number of rotatable bonds is 11. The Labute approximate surface area is 185 Å². The lowest BCUT2D eigenvalue weighted by molar-refractivity contribution is -0.118. The summed E-state index contributed by atoms with van der Waals surface area (Å²) in [7, 11) is 0. The lowest BCUT2D eigenvalue weighted by Crippen LogP contribution is -2.23. The first-order valence-electron chi connectivity index (χ1n) is 10.9. The van der Waals surface area contributed by atoms with E-state index in [1.54, 1.807) is 18.3 Å². The summed E-state index contributed by atoms with van der Waals surface area (Å²) < 4.78 is 0. The van der Waals surface area contributed by atoms with Crippen LogP contribution >= 0.6 is 11.3 Å². The van der Waals surface area contributed by atoms with Gasteiger partial charge in [-0.25, -0.2) is 0 Å². The monoisotopic (exact) mass is 425 g/mol. The van der Waals surface area contributed by atoms with Crippen molar-refractivity contribution < 1.29 is 4.79 Å². The van der Waals surface area contributed by atoms with Crippen molar-refractivity contribution in [3.8, 4) is 0 Å². The molecule has 0 aliphatic rings. The van der Waals surface area contributed by atoms with Crippen molar-refractivity contribution in [2.75, 3.05) is 4.90 Å². The molecule has 0 spiro atoms. The number of aromatic nitrogens is 1. The Morgan fingerprint density at radius 1 is 1.20 bits per heavy atom. The third-order valence-corrected chi connectivity index (χ3v) is 5.69. The predicted molar refractivity (Wildman–Crippen MR) is 129 cm³/mol. The molecule has 4 nitrogen and oxygen atoms in total. The lowest BCUT2D eigenvalue weighted by atomic mass is 9.99. The van der Waals surface area contributed by atoms with Gasteiger partial charge < -0.3 is 10.2 Å². The van der Waals surface area contributed by atoms with Gasteiger partial charge in [-0.05, 0) is 49.0 Å². The summed E-state index contributed by atoms with van der Waals surface area (Å²) in [6.45, 7) is 11.1. The van der Waals surface area contributed by atoms with Crippen LogP contribution in [0.25, 0.3) is 5.57 Å². The van der Waals surface area contributed by atoms with Gasteiger partial charge in [-0.2, -0.15) is 0 Å². The Bertz CT molecular complexity index is 869. The normalized spacial score (nSPS) is 12.2. The van der Waals surface area contributed by atoms with Gasteiger partial charge in [0.2, 0.25) is 5.91 Å². The molecule has 1 aromatic heterocycles. The summed E-state index contributed by atoms with van der Waals surface area (Å²) in [4.78, 5) is 19.4. The van der Waals surface area contributed by atoms with Gasteiger partial charge in [-0.3, -0.25) is 9.78 Å². The average molecular weight is 426 g/mol. The second-order valence-electron chi connectivity index (χ2n) is 7.53. The van der Waals surface area contributed by atoms with Crippen LogP contribution in [0.15, 0.2) is 47.9 Å². The molecule has 5 heteroatoms. The van der Waals surface area contributed by atoms with Crippen LogP contribution in [0.3, 0.4) is 0 Å². The number of amides is 1. The minimum absolute atomic E-state index is 0.0427. The van der Waals surface area contributed by atoms with Crippen LogP contribution in [0.5, 0.6) is 0 Å². The van der Waals surface area contributed by atoms with Crippen molar-refractivity contribution in [2.24, 2.45) is 0 Å². The molecule has 1 heterocycles. The Balaban J connectivity index is 2.53. The zero-order chi connectivity index (χ0) is 21.9. The van der Waals surface area contributed by atoms with E-state index in [0.717, 1.165) is 49.8 Å². The molecule has 0 aliphatic carbocycles. The Kier molecular flexibility index (Phi) is 9.81. The average Bonchev–Trinajstić information content (AvgIpc) is 3.23. The zero-order valence-electron chi connectivity index (χ0n) is 19.0. The maximum atomic E-state index is 11.4. The smallest absolute Gasteiger partial charge is 0.220 e. The maximum absolute atomic E-state index is 11.4. The van der Waals surface area contributed by atoms with Crippen LogP contribution in [0.4, 0.5) is 5.69 Å². The van der Waals surface area contributed by atoms with Crippen molar-refractivity contribution >= 4 is 28.5 Å². The fourth-order valence-electron chi connectivity index (χ4n) is 3.51. The number of hydrogen-bond donors (Lipinski definition) is 1. The van der Waals surface area contributed by atoms with E-state index in [0.29, 0.717) is 0 Å². The number of nitrogens with zero attached hydrogens (tertiary/aromatic N) is 2. The SMILES string of the molecule is CC/C=C(/CCC)N(Cc1cncs1)c1cc(/C(=C/NC(C)=O)CCC)ccc1C. The lowest BCUT2D eigenvalue weighted by Gasteiger charge is -2.29. The number of allylic oxidation sites excluding steroid dienone is 3. The standard InChI is InChI=1S/C25H35N3OS/c1-6-9-22(15-27-20(5)29)21-13-12-19(4)25(14-21)28(17-24-16-26-18-30-24)23(10-7-2)11-8-3/h10,12-16,18H,6-9,11,17H2,1-5H3,(H,27,29)/b22-15+,23-10-. The van der Waals surface area contributed by atoms with E-state index >= 15 is 0 Å². The first-order chi connectivity index (χ1) is 14.5. The molecule has 0 saturated heterocycles. The molecule has 0 unspecified atom stereocenters. The quantitative estimate of drug-likeness (QED) is 0.429. The molecule has 2 aromatic rings. The Hall–Kier alpha value is -2.40. The number of nitrogens with one attached hydrogen (secondary N) is 1. The highest BCUT2D eigenvalue weighted by molar-refractivity contribution is 7.09. The van der Waals surface area contributed by atoms with Crippen LogP contribution in [0.1, 0.15) is 75.8 Å². The summed E-state index contributed by atoms with van der Waals surface area (Å²) >= 11 is 1.70. The van der Waals surface area contributed by atoms with E-state index in [1.807, 2.05) is 17.9 Å². The molecular formula is C25H35N3OS. The molecule has 162 valence electrons. The number of carbonyl (C=O) groups is 1. The summed E-state index contributed by atoms with van der Waals surface area (Å²) in [6, 6.07) is 6.63. The number of anilines is 1. The third-order valence-electron chi connectivity index (χ3n) is 4.93. The second kappa shape index (κ2) is 12.3. The number of aryl methyl sites for hydroxylation is 1. The molecule has 0 aliphatic heterocycles. The van der Waals surface area contributed by atoms with Crippen molar-refractivity contribution in [1.29, 1.82) is 0 Å². The fourth-order valence-corrected chi connectivity index (χ4v) is 4.10. The molecule has 1 amide bonds. The first-order valence-corrected chi connectivity index (χ1v) is 11.8. The van der Waals surface area contributed by atoms with Crippen LogP contribution in [-0.2, 0) is 11.3 Å². The summed E-state index contributed by atoms with van der Waals surface area (Å²) in [5.74, 6) is -0.0427. The molecule has 1 N–H and O–H groups in total. The molecular weight excluding hydrogens is 390 g/mol. The predicted octanol–water partition coefficient (Wildman–Crippen LogP) is 6.83. The van der Waals surface area contributed by atoms with Crippen molar-refractivity contribution in [3.05, 3.63) is 63.9 Å². The second-order valence-corrected chi connectivity index (χ2v) is 8.50. The van der Waals surface area contributed by atoms with Crippen LogP contribution in [0, 0.1) is 6.92 Å². The van der Waals surface area contributed by atoms with E-state index in [9.17, 15) is 4.79 Å². The van der Waals surface area contributed by atoms with Crippen LogP contribution in [0.2, 0.25) is 0 Å². The van der Waals surface area contributed by atoms with Crippen LogP contribution < -0.4 is 10.2 Å². The minimum atomic E-state index is -0.0427. The highest BCUT2D eigenvalue weighted by atomic mass is 32.1. The molecule has 30 heavy (non-hydrogen) atoms. The van der Waals surface area contributed by atoms with Gasteiger partial charge in [0.25, 0.3) is 0 Å². The third kappa shape index (κ3) is 6.84. The molecule has 0 radical (unpaired) electrons.